The molecule has 1 amide bonds. The number of nitrogens with two attached hydrogens (primary N) is 1. The van der Waals surface area contributed by atoms with Crippen molar-refractivity contribution >= 4 is 29.7 Å². The Kier molecular flexibility index (Phi) is 7.11. The smallest absolute Gasteiger partial charge is 0.265 e. The van der Waals surface area contributed by atoms with Gasteiger partial charge in [0.2, 0.25) is 0 Å². The first-order valence-electron chi connectivity index (χ1n) is 7.80. The number of amides is 1. The van der Waals surface area contributed by atoms with Crippen LogP contribution in [0.3, 0.4) is 0 Å². The van der Waals surface area contributed by atoms with Crippen LogP contribution in [0.15, 0.2) is 42.5 Å². The van der Waals surface area contributed by atoms with Crippen LogP contribution in [0.2, 0.25) is 0 Å². The van der Waals surface area contributed by atoms with E-state index in [1.165, 1.54) is 5.56 Å². The number of hydrogen-bond donors (Lipinski definition) is 2. The molecule has 3 N–H and O–H groups in total. The highest BCUT2D eigenvalue weighted by Gasteiger charge is 2.16. The summed E-state index contributed by atoms with van der Waals surface area (Å²) in [6, 6.07) is 13.3. The van der Waals surface area contributed by atoms with Gasteiger partial charge in [-0.2, -0.15) is 0 Å². The number of rotatable bonds is 5. The minimum atomic E-state index is -0.599. The summed E-state index contributed by atoms with van der Waals surface area (Å²) in [6.07, 6.45) is -0.599. The Morgan fingerprint density at radius 2 is 1.83 bits per heavy atom. The lowest BCUT2D eigenvalue weighted by molar-refractivity contribution is -0.122. The molecule has 0 fully saturated rings. The molecule has 2 aromatic carbocycles. The van der Waals surface area contributed by atoms with Crippen LogP contribution in [0.4, 0.5) is 11.4 Å². The third-order valence-corrected chi connectivity index (χ3v) is 3.73. The van der Waals surface area contributed by atoms with Gasteiger partial charge in [-0.15, -0.1) is 12.4 Å². The highest BCUT2D eigenvalue weighted by Crippen LogP contribution is 2.22. The van der Waals surface area contributed by atoms with Gasteiger partial charge in [-0.1, -0.05) is 32.0 Å². The summed E-state index contributed by atoms with van der Waals surface area (Å²) in [5.74, 6) is 0.912. The minimum absolute atomic E-state index is 0. The SMILES string of the molecule is Cc1ccc(N)cc1NC(=O)C(C)Oc1cccc(C(C)C)c1.Cl. The van der Waals surface area contributed by atoms with Gasteiger partial charge in [0.25, 0.3) is 5.91 Å². The Labute approximate surface area is 149 Å². The van der Waals surface area contributed by atoms with Crippen molar-refractivity contribution in [3.05, 3.63) is 53.6 Å². The van der Waals surface area contributed by atoms with Crippen molar-refractivity contribution in [1.82, 2.24) is 0 Å². The second-order valence-corrected chi connectivity index (χ2v) is 6.05. The summed E-state index contributed by atoms with van der Waals surface area (Å²) in [6.45, 7) is 7.90. The maximum absolute atomic E-state index is 12.3. The third kappa shape index (κ3) is 5.17. The predicted octanol–water partition coefficient (Wildman–Crippen LogP) is 4.53. The largest absolute Gasteiger partial charge is 0.481 e. The zero-order valence-corrected chi connectivity index (χ0v) is 15.3. The summed E-state index contributed by atoms with van der Waals surface area (Å²) in [5.41, 5.74) is 9.23. The Hall–Kier alpha value is -2.20. The molecule has 4 nitrogen and oxygen atoms in total. The number of anilines is 2. The lowest BCUT2D eigenvalue weighted by atomic mass is 10.0. The number of nitrogens with one attached hydrogen (secondary N) is 1. The summed E-state index contributed by atoms with van der Waals surface area (Å²) < 4.78 is 5.77. The lowest BCUT2D eigenvalue weighted by Gasteiger charge is -2.17. The van der Waals surface area contributed by atoms with E-state index >= 15 is 0 Å². The second-order valence-electron chi connectivity index (χ2n) is 6.05. The van der Waals surface area contributed by atoms with Crippen molar-refractivity contribution in [3.63, 3.8) is 0 Å². The molecule has 130 valence electrons. The standard InChI is InChI=1S/C19H24N2O2.ClH/c1-12(2)15-6-5-7-17(10-15)23-14(4)19(22)21-18-11-16(20)9-8-13(18)3;/h5-12,14H,20H2,1-4H3,(H,21,22);1H. The molecule has 0 aliphatic heterocycles. The van der Waals surface area contributed by atoms with Crippen LogP contribution >= 0.6 is 12.4 Å². The van der Waals surface area contributed by atoms with Crippen LogP contribution in [0.5, 0.6) is 5.75 Å². The van der Waals surface area contributed by atoms with Crippen LogP contribution in [0, 0.1) is 6.92 Å². The molecule has 0 radical (unpaired) electrons. The van der Waals surface area contributed by atoms with Crippen molar-refractivity contribution in [2.75, 3.05) is 11.1 Å². The monoisotopic (exact) mass is 348 g/mol. The summed E-state index contributed by atoms with van der Waals surface area (Å²) >= 11 is 0. The molecule has 0 aliphatic carbocycles. The van der Waals surface area contributed by atoms with Gasteiger partial charge in [-0.3, -0.25) is 4.79 Å². The fraction of sp³-hybridized carbons (Fsp3) is 0.316. The Balaban J connectivity index is 0.00000288. The first-order chi connectivity index (χ1) is 10.9. The minimum Gasteiger partial charge on any atom is -0.481 e. The van der Waals surface area contributed by atoms with Crippen molar-refractivity contribution < 1.29 is 9.53 Å². The molecule has 0 saturated carbocycles. The summed E-state index contributed by atoms with van der Waals surface area (Å²) in [4.78, 5) is 12.3. The van der Waals surface area contributed by atoms with Crippen LogP contribution in [-0.2, 0) is 4.79 Å². The topological polar surface area (TPSA) is 64.3 Å². The van der Waals surface area contributed by atoms with E-state index in [0.717, 1.165) is 5.56 Å². The van der Waals surface area contributed by atoms with Crippen molar-refractivity contribution in [1.29, 1.82) is 0 Å². The molecule has 1 unspecified atom stereocenters. The van der Waals surface area contributed by atoms with Crippen LogP contribution in [0.25, 0.3) is 0 Å². The van der Waals surface area contributed by atoms with Gasteiger partial charge < -0.3 is 15.8 Å². The molecule has 0 heterocycles. The number of hydrogen-bond acceptors (Lipinski definition) is 3. The summed E-state index contributed by atoms with van der Waals surface area (Å²) in [5, 5.41) is 2.86. The van der Waals surface area contributed by atoms with E-state index < -0.39 is 6.10 Å². The molecule has 1 atom stereocenters. The van der Waals surface area contributed by atoms with Gasteiger partial charge in [0, 0.05) is 11.4 Å². The van der Waals surface area contributed by atoms with Crippen molar-refractivity contribution in [2.24, 2.45) is 0 Å². The third-order valence-electron chi connectivity index (χ3n) is 3.73. The van der Waals surface area contributed by atoms with E-state index in [9.17, 15) is 4.79 Å². The second kappa shape index (κ2) is 8.60. The zero-order valence-electron chi connectivity index (χ0n) is 14.5. The maximum atomic E-state index is 12.3. The van der Waals surface area contributed by atoms with E-state index in [-0.39, 0.29) is 18.3 Å². The molecule has 0 bridgehead atoms. The first kappa shape index (κ1) is 19.8. The van der Waals surface area contributed by atoms with Gasteiger partial charge in [-0.05, 0) is 55.2 Å². The average Bonchev–Trinajstić information content (AvgIpc) is 2.51. The van der Waals surface area contributed by atoms with Gasteiger partial charge in [-0.25, -0.2) is 0 Å². The molecule has 0 aliphatic rings. The number of carbonyl (C=O) groups is 1. The molecule has 24 heavy (non-hydrogen) atoms. The zero-order chi connectivity index (χ0) is 17.0. The lowest BCUT2D eigenvalue weighted by Crippen LogP contribution is -2.30. The Bertz CT molecular complexity index is 702. The first-order valence-corrected chi connectivity index (χ1v) is 7.80. The van der Waals surface area contributed by atoms with Gasteiger partial charge in [0.05, 0.1) is 0 Å². The summed E-state index contributed by atoms with van der Waals surface area (Å²) in [7, 11) is 0. The number of aryl methyl sites for hydroxylation is 1. The molecular weight excluding hydrogens is 324 g/mol. The highest BCUT2D eigenvalue weighted by atomic mass is 35.5. The van der Waals surface area contributed by atoms with E-state index in [2.05, 4.69) is 25.2 Å². The van der Waals surface area contributed by atoms with Crippen LogP contribution in [-0.4, -0.2) is 12.0 Å². The van der Waals surface area contributed by atoms with Gasteiger partial charge >= 0.3 is 0 Å². The quantitative estimate of drug-likeness (QED) is 0.780. The molecule has 0 saturated heterocycles. The van der Waals surface area contributed by atoms with Crippen LogP contribution < -0.4 is 15.8 Å². The molecule has 5 heteroatoms. The molecule has 0 spiro atoms. The molecule has 0 aromatic heterocycles. The average molecular weight is 349 g/mol. The number of nitrogen functional groups attached to an aromatic ring is 1. The van der Waals surface area contributed by atoms with Crippen LogP contribution in [0.1, 0.15) is 37.8 Å². The van der Waals surface area contributed by atoms with Gasteiger partial charge in [0.15, 0.2) is 6.10 Å². The Morgan fingerprint density at radius 3 is 2.50 bits per heavy atom. The number of benzene rings is 2. The molecule has 2 rings (SSSR count). The number of halogens is 1. The predicted molar refractivity (Wildman–Crippen MR) is 102 cm³/mol. The van der Waals surface area contributed by atoms with Crippen molar-refractivity contribution in [2.45, 2.75) is 39.7 Å². The molecular formula is C19H25ClN2O2. The van der Waals surface area contributed by atoms with Gasteiger partial charge in [0.1, 0.15) is 5.75 Å². The highest BCUT2D eigenvalue weighted by molar-refractivity contribution is 5.95. The number of carbonyl (C=O) groups excluding carboxylic acids is 1. The van der Waals surface area contributed by atoms with E-state index in [1.807, 2.05) is 37.3 Å². The number of ether oxygens (including phenoxy) is 1. The normalized spacial score (nSPS) is 11.5. The van der Waals surface area contributed by atoms with Crippen molar-refractivity contribution in [3.8, 4) is 5.75 Å². The van der Waals surface area contributed by atoms with E-state index in [1.54, 1.807) is 13.0 Å². The van der Waals surface area contributed by atoms with E-state index in [4.69, 9.17) is 10.5 Å². The Morgan fingerprint density at radius 1 is 1.12 bits per heavy atom. The van der Waals surface area contributed by atoms with E-state index in [0.29, 0.717) is 23.0 Å². The fourth-order valence-electron chi connectivity index (χ4n) is 2.21. The molecule has 2 aromatic rings. The fourth-order valence-corrected chi connectivity index (χ4v) is 2.21. The maximum Gasteiger partial charge on any atom is 0.265 e.